The first kappa shape index (κ1) is 17.0. The van der Waals surface area contributed by atoms with Gasteiger partial charge in [-0.2, -0.15) is 0 Å². The first-order chi connectivity index (χ1) is 8.89. The zero-order chi connectivity index (χ0) is 14.5. The third-order valence-electron chi connectivity index (χ3n) is 4.90. The third-order valence-corrected chi connectivity index (χ3v) is 6.69. The van der Waals surface area contributed by atoms with E-state index in [1.54, 1.807) is 6.92 Å². The van der Waals surface area contributed by atoms with E-state index in [9.17, 15) is 8.42 Å². The van der Waals surface area contributed by atoms with Crippen molar-refractivity contribution in [1.82, 2.24) is 0 Å². The van der Waals surface area contributed by atoms with Crippen LogP contribution in [0, 0.1) is 23.7 Å². The second-order valence-corrected chi connectivity index (χ2v) is 8.92. The molecule has 0 amide bonds. The van der Waals surface area contributed by atoms with Gasteiger partial charge < -0.3 is 5.73 Å². The first-order valence-electron chi connectivity index (χ1n) is 7.80. The average molecular weight is 289 g/mol. The molecule has 2 N–H and O–H groups in total. The topological polar surface area (TPSA) is 60.2 Å². The molecule has 1 aliphatic carbocycles. The maximum absolute atomic E-state index is 11.5. The Morgan fingerprint density at radius 3 is 2.42 bits per heavy atom. The van der Waals surface area contributed by atoms with Gasteiger partial charge in [-0.3, -0.25) is 0 Å². The van der Waals surface area contributed by atoms with Crippen molar-refractivity contribution in [2.24, 2.45) is 29.4 Å². The van der Waals surface area contributed by atoms with E-state index in [4.69, 9.17) is 5.73 Å². The minimum Gasteiger partial charge on any atom is -0.330 e. The maximum Gasteiger partial charge on any atom is 0.150 e. The van der Waals surface area contributed by atoms with Crippen LogP contribution in [0.3, 0.4) is 0 Å². The Morgan fingerprint density at radius 2 is 1.89 bits per heavy atom. The van der Waals surface area contributed by atoms with Gasteiger partial charge >= 0.3 is 0 Å². The van der Waals surface area contributed by atoms with Crippen LogP contribution in [-0.2, 0) is 9.84 Å². The second kappa shape index (κ2) is 7.63. The molecule has 4 heteroatoms. The molecule has 0 saturated heterocycles. The molecule has 1 fully saturated rings. The van der Waals surface area contributed by atoms with Gasteiger partial charge in [0.15, 0.2) is 0 Å². The maximum atomic E-state index is 11.5. The zero-order valence-corrected chi connectivity index (χ0v) is 13.6. The molecule has 19 heavy (non-hydrogen) atoms. The van der Waals surface area contributed by atoms with Gasteiger partial charge in [-0.1, -0.05) is 20.8 Å². The Hall–Kier alpha value is -0.0900. The monoisotopic (exact) mass is 289 g/mol. The molecule has 0 spiro atoms. The Kier molecular flexibility index (Phi) is 6.81. The largest absolute Gasteiger partial charge is 0.330 e. The second-order valence-electron chi connectivity index (χ2n) is 6.45. The predicted octanol–water partition coefficient (Wildman–Crippen LogP) is 2.85. The van der Waals surface area contributed by atoms with Crippen molar-refractivity contribution in [1.29, 1.82) is 0 Å². The lowest BCUT2D eigenvalue weighted by atomic mass is 9.69. The molecule has 1 aliphatic rings. The van der Waals surface area contributed by atoms with Crippen molar-refractivity contribution in [3.63, 3.8) is 0 Å². The highest BCUT2D eigenvalue weighted by atomic mass is 32.2. The van der Waals surface area contributed by atoms with Gasteiger partial charge in [-0.05, 0) is 62.3 Å². The molecule has 3 atom stereocenters. The molecule has 3 nitrogen and oxygen atoms in total. The lowest BCUT2D eigenvalue weighted by Gasteiger charge is -2.37. The fourth-order valence-electron chi connectivity index (χ4n) is 3.34. The van der Waals surface area contributed by atoms with Crippen LogP contribution < -0.4 is 5.73 Å². The lowest BCUT2D eigenvalue weighted by molar-refractivity contribution is 0.143. The number of rotatable bonds is 7. The van der Waals surface area contributed by atoms with Crippen LogP contribution in [0.4, 0.5) is 0 Å². The molecule has 0 aromatic rings. The van der Waals surface area contributed by atoms with E-state index >= 15 is 0 Å². The van der Waals surface area contributed by atoms with Crippen LogP contribution in [0.5, 0.6) is 0 Å². The Labute approximate surface area is 119 Å². The molecule has 1 rings (SSSR count). The summed E-state index contributed by atoms with van der Waals surface area (Å²) in [6.45, 7) is 7.08. The summed E-state index contributed by atoms with van der Waals surface area (Å²) in [6, 6.07) is 0. The van der Waals surface area contributed by atoms with E-state index in [-0.39, 0.29) is 5.75 Å². The van der Waals surface area contributed by atoms with Crippen LogP contribution in [0.15, 0.2) is 0 Å². The molecule has 0 bridgehead atoms. The smallest absolute Gasteiger partial charge is 0.150 e. The van der Waals surface area contributed by atoms with E-state index in [2.05, 4.69) is 13.8 Å². The SMILES string of the molecule is CCS(=O)(=O)CCCC1CC(C(C)C)CCC1CN. The van der Waals surface area contributed by atoms with Crippen LogP contribution >= 0.6 is 0 Å². The molecular formula is C15H31NO2S. The average Bonchev–Trinajstić information content (AvgIpc) is 2.38. The van der Waals surface area contributed by atoms with Gasteiger partial charge in [0.1, 0.15) is 9.84 Å². The first-order valence-corrected chi connectivity index (χ1v) is 9.62. The number of hydrogen-bond acceptors (Lipinski definition) is 3. The Bertz CT molecular complexity index is 351. The van der Waals surface area contributed by atoms with Crippen molar-refractivity contribution in [3.05, 3.63) is 0 Å². The zero-order valence-electron chi connectivity index (χ0n) is 12.8. The number of sulfone groups is 1. The van der Waals surface area contributed by atoms with Gasteiger partial charge in [0.2, 0.25) is 0 Å². The van der Waals surface area contributed by atoms with Gasteiger partial charge in [0.25, 0.3) is 0 Å². The van der Waals surface area contributed by atoms with Gasteiger partial charge in [0.05, 0.1) is 5.75 Å². The normalized spacial score (nSPS) is 28.8. The molecule has 0 aliphatic heterocycles. The summed E-state index contributed by atoms with van der Waals surface area (Å²) >= 11 is 0. The van der Waals surface area contributed by atoms with Gasteiger partial charge in [-0.15, -0.1) is 0 Å². The van der Waals surface area contributed by atoms with E-state index in [0.717, 1.165) is 31.2 Å². The fourth-order valence-corrected chi connectivity index (χ4v) is 4.24. The van der Waals surface area contributed by atoms with Crippen molar-refractivity contribution < 1.29 is 8.42 Å². The summed E-state index contributed by atoms with van der Waals surface area (Å²) in [5.74, 6) is 3.41. The van der Waals surface area contributed by atoms with Crippen molar-refractivity contribution >= 4 is 9.84 Å². The molecule has 0 heterocycles. The van der Waals surface area contributed by atoms with Gasteiger partial charge in [-0.25, -0.2) is 8.42 Å². The lowest BCUT2D eigenvalue weighted by Crippen LogP contribution is -2.32. The summed E-state index contributed by atoms with van der Waals surface area (Å²) in [6.07, 6.45) is 5.60. The summed E-state index contributed by atoms with van der Waals surface area (Å²) in [4.78, 5) is 0. The van der Waals surface area contributed by atoms with E-state index in [1.807, 2.05) is 0 Å². The molecule has 114 valence electrons. The highest BCUT2D eigenvalue weighted by Crippen LogP contribution is 2.39. The molecule has 3 unspecified atom stereocenters. The number of nitrogens with two attached hydrogens (primary N) is 1. The van der Waals surface area contributed by atoms with Gasteiger partial charge in [0, 0.05) is 5.75 Å². The standard InChI is InChI=1S/C15H31NO2S/c1-4-19(17,18)9-5-6-14-10-13(12(2)3)7-8-15(14)11-16/h12-15H,4-11,16H2,1-3H3. The summed E-state index contributed by atoms with van der Waals surface area (Å²) < 4.78 is 23.1. The molecule has 1 saturated carbocycles. The van der Waals surface area contributed by atoms with E-state index in [1.165, 1.54) is 19.3 Å². The van der Waals surface area contributed by atoms with Crippen LogP contribution in [0.2, 0.25) is 0 Å². The highest BCUT2D eigenvalue weighted by Gasteiger charge is 2.30. The molecule has 0 aromatic heterocycles. The van der Waals surface area contributed by atoms with Crippen LogP contribution in [-0.4, -0.2) is 26.5 Å². The predicted molar refractivity (Wildman–Crippen MR) is 81.8 cm³/mol. The summed E-state index contributed by atoms with van der Waals surface area (Å²) in [7, 11) is -2.81. The minimum atomic E-state index is -2.81. The quantitative estimate of drug-likeness (QED) is 0.784. The fraction of sp³-hybridized carbons (Fsp3) is 1.00. The summed E-state index contributed by atoms with van der Waals surface area (Å²) in [5.41, 5.74) is 5.88. The third kappa shape index (κ3) is 5.42. The van der Waals surface area contributed by atoms with Crippen LogP contribution in [0.1, 0.15) is 52.9 Å². The highest BCUT2D eigenvalue weighted by molar-refractivity contribution is 7.91. The molecular weight excluding hydrogens is 258 g/mol. The minimum absolute atomic E-state index is 0.270. The van der Waals surface area contributed by atoms with Crippen molar-refractivity contribution in [2.75, 3.05) is 18.1 Å². The Balaban J connectivity index is 2.47. The van der Waals surface area contributed by atoms with Crippen molar-refractivity contribution in [2.45, 2.75) is 52.9 Å². The van der Waals surface area contributed by atoms with Crippen molar-refractivity contribution in [3.8, 4) is 0 Å². The molecule has 0 radical (unpaired) electrons. The Morgan fingerprint density at radius 1 is 1.21 bits per heavy atom. The summed E-state index contributed by atoms with van der Waals surface area (Å²) in [5, 5.41) is 0. The van der Waals surface area contributed by atoms with Crippen LogP contribution in [0.25, 0.3) is 0 Å². The number of hydrogen-bond donors (Lipinski definition) is 1. The van der Waals surface area contributed by atoms with E-state index in [0.29, 0.717) is 17.6 Å². The molecule has 0 aromatic carbocycles. The van der Waals surface area contributed by atoms with E-state index < -0.39 is 9.84 Å².